The van der Waals surface area contributed by atoms with Crippen molar-refractivity contribution in [2.24, 2.45) is 11.8 Å². The highest BCUT2D eigenvalue weighted by Crippen LogP contribution is 2.29. The van der Waals surface area contributed by atoms with E-state index in [0.29, 0.717) is 13.2 Å². The van der Waals surface area contributed by atoms with E-state index >= 15 is 0 Å². The Morgan fingerprint density at radius 3 is 2.73 bits per heavy atom. The first-order chi connectivity index (χ1) is 7.18. The van der Waals surface area contributed by atoms with Gasteiger partial charge < -0.3 is 9.84 Å². The second-order valence-corrected chi connectivity index (χ2v) is 4.79. The van der Waals surface area contributed by atoms with Crippen LogP contribution >= 0.6 is 0 Å². The van der Waals surface area contributed by atoms with Crippen LogP contribution < -0.4 is 0 Å². The average molecular weight is 213 g/mol. The smallest absolute Gasteiger partial charge is 0.310 e. The molecular weight excluding hydrogens is 194 g/mol. The zero-order valence-electron chi connectivity index (χ0n) is 9.19. The van der Waals surface area contributed by atoms with Gasteiger partial charge in [-0.05, 0) is 25.8 Å². The van der Waals surface area contributed by atoms with E-state index in [1.807, 2.05) is 7.05 Å². The van der Waals surface area contributed by atoms with Gasteiger partial charge in [0, 0.05) is 12.6 Å². The van der Waals surface area contributed by atoms with E-state index < -0.39 is 5.97 Å². The van der Waals surface area contributed by atoms with Crippen molar-refractivity contribution < 1.29 is 14.6 Å². The van der Waals surface area contributed by atoms with Gasteiger partial charge in [-0.15, -0.1) is 0 Å². The fourth-order valence-corrected chi connectivity index (χ4v) is 2.43. The monoisotopic (exact) mass is 213 g/mol. The quantitative estimate of drug-likeness (QED) is 0.751. The number of carboxylic acid groups (broad SMARTS) is 1. The zero-order chi connectivity index (χ0) is 10.8. The summed E-state index contributed by atoms with van der Waals surface area (Å²) in [5.74, 6) is -0.280. The fraction of sp³-hybridized carbons (Fsp3) is 0.909. The summed E-state index contributed by atoms with van der Waals surface area (Å²) in [7, 11) is 2.02. The topological polar surface area (TPSA) is 49.8 Å². The molecule has 0 aromatic carbocycles. The molecule has 86 valence electrons. The van der Waals surface area contributed by atoms with Crippen LogP contribution in [0.3, 0.4) is 0 Å². The second kappa shape index (κ2) is 4.49. The lowest BCUT2D eigenvalue weighted by molar-refractivity contribution is -0.143. The molecule has 1 aliphatic heterocycles. The molecule has 1 aliphatic carbocycles. The molecule has 15 heavy (non-hydrogen) atoms. The maximum absolute atomic E-state index is 11.0. The van der Waals surface area contributed by atoms with Crippen LogP contribution in [0.25, 0.3) is 0 Å². The standard InChI is InChI=1S/C11H19NO3/c1-12(5-8-3-2-4-8)10-7-15-6-9(10)11(13)14/h8-10H,2-7H2,1H3,(H,13,14). The number of carbonyl (C=O) groups is 1. The van der Waals surface area contributed by atoms with Gasteiger partial charge in [0.05, 0.1) is 19.1 Å². The molecule has 2 unspecified atom stereocenters. The van der Waals surface area contributed by atoms with Gasteiger partial charge in [-0.2, -0.15) is 0 Å². The van der Waals surface area contributed by atoms with Crippen LogP contribution in [0.1, 0.15) is 19.3 Å². The largest absolute Gasteiger partial charge is 0.481 e. The third-order valence-corrected chi connectivity index (χ3v) is 3.70. The van der Waals surface area contributed by atoms with E-state index in [4.69, 9.17) is 9.84 Å². The maximum Gasteiger partial charge on any atom is 0.310 e. The molecule has 0 bridgehead atoms. The normalized spacial score (nSPS) is 31.9. The predicted molar refractivity (Wildman–Crippen MR) is 55.7 cm³/mol. The summed E-state index contributed by atoms with van der Waals surface area (Å²) in [4.78, 5) is 13.2. The third kappa shape index (κ3) is 2.32. The van der Waals surface area contributed by atoms with Crippen LogP contribution in [0.2, 0.25) is 0 Å². The summed E-state index contributed by atoms with van der Waals surface area (Å²) in [6.07, 6.45) is 3.94. The van der Waals surface area contributed by atoms with E-state index in [0.717, 1.165) is 12.5 Å². The summed E-state index contributed by atoms with van der Waals surface area (Å²) < 4.78 is 5.26. The summed E-state index contributed by atoms with van der Waals surface area (Å²) in [5.41, 5.74) is 0. The third-order valence-electron chi connectivity index (χ3n) is 3.70. The molecule has 2 rings (SSSR count). The molecule has 4 nitrogen and oxygen atoms in total. The number of hydrogen-bond donors (Lipinski definition) is 1. The lowest BCUT2D eigenvalue weighted by atomic mass is 9.84. The van der Waals surface area contributed by atoms with Crippen molar-refractivity contribution in [3.63, 3.8) is 0 Å². The maximum atomic E-state index is 11.0. The molecule has 0 aromatic heterocycles. The van der Waals surface area contributed by atoms with Gasteiger partial charge in [-0.1, -0.05) is 6.42 Å². The van der Waals surface area contributed by atoms with Gasteiger partial charge in [-0.25, -0.2) is 0 Å². The van der Waals surface area contributed by atoms with E-state index in [1.54, 1.807) is 0 Å². The SMILES string of the molecule is CN(CC1CCC1)C1COCC1C(=O)O. The molecule has 0 spiro atoms. The van der Waals surface area contributed by atoms with Crippen LogP contribution in [-0.4, -0.2) is 48.8 Å². The lowest BCUT2D eigenvalue weighted by Gasteiger charge is -2.34. The van der Waals surface area contributed by atoms with Gasteiger partial charge in [0.15, 0.2) is 0 Å². The molecule has 0 aromatic rings. The van der Waals surface area contributed by atoms with Gasteiger partial charge in [0.1, 0.15) is 0 Å². The highest BCUT2D eigenvalue weighted by molar-refractivity contribution is 5.71. The van der Waals surface area contributed by atoms with Crippen molar-refractivity contribution in [1.29, 1.82) is 0 Å². The molecule has 1 heterocycles. The summed E-state index contributed by atoms with van der Waals surface area (Å²) in [6, 6.07) is 0.0723. The Kier molecular flexibility index (Phi) is 3.26. The van der Waals surface area contributed by atoms with E-state index in [1.165, 1.54) is 19.3 Å². The molecule has 2 fully saturated rings. The van der Waals surface area contributed by atoms with Crippen molar-refractivity contribution in [3.8, 4) is 0 Å². The lowest BCUT2D eigenvalue weighted by Crippen LogP contribution is -2.43. The summed E-state index contributed by atoms with van der Waals surface area (Å²) in [6.45, 7) is 1.97. The number of rotatable bonds is 4. The first-order valence-corrected chi connectivity index (χ1v) is 5.69. The Morgan fingerprint density at radius 2 is 2.20 bits per heavy atom. The van der Waals surface area contributed by atoms with Gasteiger partial charge >= 0.3 is 5.97 Å². The predicted octanol–water partition coefficient (Wildman–Crippen LogP) is 0.818. The van der Waals surface area contributed by atoms with E-state index in [-0.39, 0.29) is 12.0 Å². The van der Waals surface area contributed by atoms with Gasteiger partial charge in [0.2, 0.25) is 0 Å². The van der Waals surface area contributed by atoms with Crippen LogP contribution in [-0.2, 0) is 9.53 Å². The average Bonchev–Trinajstić information content (AvgIpc) is 2.59. The highest BCUT2D eigenvalue weighted by Gasteiger charge is 2.37. The molecule has 1 N–H and O–H groups in total. The van der Waals surface area contributed by atoms with Crippen molar-refractivity contribution >= 4 is 5.97 Å². The van der Waals surface area contributed by atoms with Crippen molar-refractivity contribution in [2.75, 3.05) is 26.8 Å². The Bertz CT molecular complexity index is 240. The first-order valence-electron chi connectivity index (χ1n) is 5.69. The Balaban J connectivity index is 1.87. The van der Waals surface area contributed by atoms with E-state index in [9.17, 15) is 4.79 Å². The molecule has 0 radical (unpaired) electrons. The molecule has 2 atom stereocenters. The number of nitrogens with zero attached hydrogens (tertiary/aromatic N) is 1. The number of aliphatic carboxylic acids is 1. The minimum atomic E-state index is -0.724. The molecule has 1 saturated heterocycles. The molecule has 4 heteroatoms. The van der Waals surface area contributed by atoms with Crippen molar-refractivity contribution in [1.82, 2.24) is 4.90 Å². The first kappa shape index (κ1) is 10.9. The highest BCUT2D eigenvalue weighted by atomic mass is 16.5. The van der Waals surface area contributed by atoms with Crippen molar-refractivity contribution in [3.05, 3.63) is 0 Å². The summed E-state index contributed by atoms with van der Waals surface area (Å²) in [5, 5.41) is 9.03. The number of hydrogen-bond acceptors (Lipinski definition) is 3. The van der Waals surface area contributed by atoms with Crippen LogP contribution in [0.4, 0.5) is 0 Å². The molecular formula is C11H19NO3. The van der Waals surface area contributed by atoms with Crippen molar-refractivity contribution in [2.45, 2.75) is 25.3 Å². The molecule has 1 saturated carbocycles. The number of likely N-dealkylation sites (N-methyl/N-ethyl adjacent to an activating group) is 1. The Labute approximate surface area is 90.2 Å². The fourth-order valence-electron chi connectivity index (χ4n) is 2.43. The number of ether oxygens (including phenoxy) is 1. The van der Waals surface area contributed by atoms with Crippen LogP contribution in [0.15, 0.2) is 0 Å². The second-order valence-electron chi connectivity index (χ2n) is 4.79. The number of carboxylic acids is 1. The Hall–Kier alpha value is -0.610. The van der Waals surface area contributed by atoms with Gasteiger partial charge in [0.25, 0.3) is 0 Å². The zero-order valence-corrected chi connectivity index (χ0v) is 9.19. The van der Waals surface area contributed by atoms with Crippen LogP contribution in [0.5, 0.6) is 0 Å². The van der Waals surface area contributed by atoms with E-state index in [2.05, 4.69) is 4.90 Å². The minimum absolute atomic E-state index is 0.0723. The summed E-state index contributed by atoms with van der Waals surface area (Å²) >= 11 is 0. The van der Waals surface area contributed by atoms with Gasteiger partial charge in [-0.3, -0.25) is 9.69 Å². The Morgan fingerprint density at radius 1 is 1.47 bits per heavy atom. The molecule has 0 amide bonds. The van der Waals surface area contributed by atoms with Crippen LogP contribution in [0, 0.1) is 11.8 Å². The minimum Gasteiger partial charge on any atom is -0.481 e. The molecule has 2 aliphatic rings.